The molecule has 0 spiro atoms. The summed E-state index contributed by atoms with van der Waals surface area (Å²) < 4.78 is 0. The summed E-state index contributed by atoms with van der Waals surface area (Å²) in [5.41, 5.74) is 0.614. The largest absolute Gasteiger partial charge is 0.383 e. The Kier molecular flexibility index (Phi) is 4.65. The molecule has 0 saturated carbocycles. The Balaban J connectivity index is 2.66. The molecular weight excluding hydrogens is 247 g/mol. The predicted molar refractivity (Wildman–Crippen MR) is 67.9 cm³/mol. The summed E-state index contributed by atoms with van der Waals surface area (Å²) in [4.78, 5) is 13.2. The molecule has 1 N–H and O–H groups in total. The molecule has 0 bridgehead atoms. The van der Waals surface area contributed by atoms with E-state index in [1.165, 1.54) is 6.08 Å². The van der Waals surface area contributed by atoms with Gasteiger partial charge >= 0.3 is 0 Å². The molecule has 0 aromatic heterocycles. The van der Waals surface area contributed by atoms with Gasteiger partial charge in [0.2, 0.25) is 5.91 Å². The van der Waals surface area contributed by atoms with E-state index in [4.69, 9.17) is 23.2 Å². The first-order valence-corrected chi connectivity index (χ1v) is 5.35. The first-order chi connectivity index (χ1) is 7.49. The summed E-state index contributed by atoms with van der Waals surface area (Å²) in [6.45, 7) is 0. The maximum Gasteiger partial charge on any atom is 0.249 e. The van der Waals surface area contributed by atoms with Gasteiger partial charge in [-0.15, -0.1) is 0 Å². The van der Waals surface area contributed by atoms with Crippen molar-refractivity contribution in [3.8, 4) is 0 Å². The lowest BCUT2D eigenvalue weighted by Gasteiger charge is -2.05. The Morgan fingerprint density at radius 2 is 2.00 bits per heavy atom. The third-order valence-electron chi connectivity index (χ3n) is 1.71. The second-order valence-electron chi connectivity index (χ2n) is 3.40. The number of nitrogens with one attached hydrogen (secondary N) is 1. The van der Waals surface area contributed by atoms with E-state index in [1.54, 1.807) is 29.3 Å². The zero-order chi connectivity index (χ0) is 12.1. The zero-order valence-corrected chi connectivity index (χ0v) is 10.5. The Bertz CT molecular complexity index is 416. The fourth-order valence-electron chi connectivity index (χ4n) is 0.975. The van der Waals surface area contributed by atoms with E-state index in [2.05, 4.69) is 5.32 Å². The van der Waals surface area contributed by atoms with Crippen molar-refractivity contribution in [1.82, 2.24) is 4.90 Å². The highest BCUT2D eigenvalue weighted by Crippen LogP contribution is 2.24. The van der Waals surface area contributed by atoms with Crippen LogP contribution in [-0.2, 0) is 4.79 Å². The van der Waals surface area contributed by atoms with Crippen LogP contribution in [-0.4, -0.2) is 24.9 Å². The van der Waals surface area contributed by atoms with Gasteiger partial charge in [0.15, 0.2) is 0 Å². The minimum absolute atomic E-state index is 0.216. The molecule has 16 heavy (non-hydrogen) atoms. The fourth-order valence-corrected chi connectivity index (χ4v) is 1.27. The van der Waals surface area contributed by atoms with Crippen molar-refractivity contribution >= 4 is 34.8 Å². The predicted octanol–water partition coefficient (Wildman–Crippen LogP) is 3.01. The molecule has 0 atom stereocenters. The van der Waals surface area contributed by atoms with Gasteiger partial charge in [0.1, 0.15) is 0 Å². The van der Waals surface area contributed by atoms with Crippen molar-refractivity contribution < 1.29 is 4.79 Å². The number of benzene rings is 1. The average Bonchev–Trinajstić information content (AvgIpc) is 2.21. The molecule has 0 aliphatic carbocycles. The molecule has 1 rings (SSSR count). The number of nitrogens with zero attached hydrogens (tertiary/aromatic N) is 1. The van der Waals surface area contributed by atoms with Crippen LogP contribution >= 0.6 is 23.2 Å². The lowest BCUT2D eigenvalue weighted by Crippen LogP contribution is -2.10. The molecule has 0 unspecified atom stereocenters. The Hall–Kier alpha value is -1.19. The Morgan fingerprint density at radius 3 is 2.56 bits per heavy atom. The van der Waals surface area contributed by atoms with Crippen molar-refractivity contribution in [1.29, 1.82) is 0 Å². The quantitative estimate of drug-likeness (QED) is 0.846. The number of amides is 1. The molecule has 0 aliphatic heterocycles. The third-order valence-corrected chi connectivity index (χ3v) is 2.45. The van der Waals surface area contributed by atoms with E-state index in [9.17, 15) is 4.79 Å². The number of hydrogen-bond donors (Lipinski definition) is 1. The summed E-state index contributed by atoms with van der Waals surface area (Å²) in [6, 6.07) is 4.93. The number of anilines is 1. The smallest absolute Gasteiger partial charge is 0.249 e. The van der Waals surface area contributed by atoms with E-state index in [0.29, 0.717) is 15.7 Å². The normalized spacial score (nSPS) is 10.5. The van der Waals surface area contributed by atoms with Crippen LogP contribution in [0, 0.1) is 0 Å². The van der Waals surface area contributed by atoms with Gasteiger partial charge in [0.05, 0.1) is 10.0 Å². The molecule has 5 heteroatoms. The number of rotatable bonds is 3. The van der Waals surface area contributed by atoms with Crippen molar-refractivity contribution in [2.45, 2.75) is 0 Å². The van der Waals surface area contributed by atoms with Crippen LogP contribution in [0.25, 0.3) is 0 Å². The SMILES string of the molecule is CN(C)/C=C/C(=O)Nc1ccc(Cl)c(Cl)c1. The molecule has 1 amide bonds. The number of halogens is 2. The first-order valence-electron chi connectivity index (χ1n) is 4.59. The second kappa shape index (κ2) is 5.77. The molecule has 0 fully saturated rings. The Labute approximate surface area is 105 Å². The molecular formula is C11H12Cl2N2O. The highest BCUT2D eigenvalue weighted by Gasteiger charge is 2.01. The van der Waals surface area contributed by atoms with Gasteiger partial charge in [-0.1, -0.05) is 23.2 Å². The van der Waals surface area contributed by atoms with Crippen molar-refractivity contribution in [3.63, 3.8) is 0 Å². The minimum Gasteiger partial charge on any atom is -0.383 e. The van der Waals surface area contributed by atoms with Gasteiger partial charge in [0.25, 0.3) is 0 Å². The second-order valence-corrected chi connectivity index (χ2v) is 4.21. The molecule has 3 nitrogen and oxygen atoms in total. The Morgan fingerprint density at radius 1 is 1.31 bits per heavy atom. The summed E-state index contributed by atoms with van der Waals surface area (Å²) >= 11 is 11.6. The van der Waals surface area contributed by atoms with Gasteiger partial charge in [-0.2, -0.15) is 0 Å². The van der Waals surface area contributed by atoms with Crippen LogP contribution < -0.4 is 5.32 Å². The van der Waals surface area contributed by atoms with E-state index in [0.717, 1.165) is 0 Å². The summed E-state index contributed by atoms with van der Waals surface area (Å²) in [5, 5.41) is 3.54. The average molecular weight is 259 g/mol. The molecule has 0 radical (unpaired) electrons. The van der Waals surface area contributed by atoms with Crippen LogP contribution in [0.15, 0.2) is 30.5 Å². The topological polar surface area (TPSA) is 32.3 Å². The van der Waals surface area contributed by atoms with Gasteiger partial charge < -0.3 is 10.2 Å². The van der Waals surface area contributed by atoms with Gasteiger partial charge in [0, 0.05) is 32.1 Å². The lowest BCUT2D eigenvalue weighted by molar-refractivity contribution is -0.112. The number of hydrogen-bond acceptors (Lipinski definition) is 2. The molecule has 0 aliphatic rings. The van der Waals surface area contributed by atoms with Crippen LogP contribution in [0.4, 0.5) is 5.69 Å². The summed E-state index contributed by atoms with van der Waals surface area (Å²) in [6.07, 6.45) is 3.09. The van der Waals surface area contributed by atoms with E-state index in [1.807, 2.05) is 14.1 Å². The van der Waals surface area contributed by atoms with Crippen LogP contribution in [0.2, 0.25) is 10.0 Å². The lowest BCUT2D eigenvalue weighted by atomic mass is 10.3. The number of carbonyl (C=O) groups excluding carboxylic acids is 1. The molecule has 0 heterocycles. The van der Waals surface area contributed by atoms with E-state index in [-0.39, 0.29) is 5.91 Å². The molecule has 1 aromatic rings. The maximum atomic E-state index is 11.4. The zero-order valence-electron chi connectivity index (χ0n) is 9.00. The first kappa shape index (κ1) is 12.9. The van der Waals surface area contributed by atoms with E-state index < -0.39 is 0 Å². The monoisotopic (exact) mass is 258 g/mol. The van der Waals surface area contributed by atoms with Crippen LogP contribution in [0.1, 0.15) is 0 Å². The van der Waals surface area contributed by atoms with Gasteiger partial charge in [-0.3, -0.25) is 4.79 Å². The van der Waals surface area contributed by atoms with Gasteiger partial charge in [-0.05, 0) is 18.2 Å². The van der Waals surface area contributed by atoms with Crippen molar-refractivity contribution in [2.75, 3.05) is 19.4 Å². The minimum atomic E-state index is -0.216. The molecule has 86 valence electrons. The summed E-state index contributed by atoms with van der Waals surface area (Å²) in [5.74, 6) is -0.216. The third kappa shape index (κ3) is 4.13. The highest BCUT2D eigenvalue weighted by atomic mass is 35.5. The number of carbonyl (C=O) groups is 1. The molecule has 0 saturated heterocycles. The standard InChI is InChI=1S/C11H12Cl2N2O/c1-15(2)6-5-11(16)14-8-3-4-9(12)10(13)7-8/h3-7H,1-2H3,(H,14,16)/b6-5+. The fraction of sp³-hybridized carbons (Fsp3) is 0.182. The van der Waals surface area contributed by atoms with Crippen molar-refractivity contribution in [3.05, 3.63) is 40.5 Å². The van der Waals surface area contributed by atoms with Crippen LogP contribution in [0.3, 0.4) is 0 Å². The van der Waals surface area contributed by atoms with Crippen molar-refractivity contribution in [2.24, 2.45) is 0 Å². The molecule has 1 aromatic carbocycles. The van der Waals surface area contributed by atoms with Gasteiger partial charge in [-0.25, -0.2) is 0 Å². The maximum absolute atomic E-state index is 11.4. The highest BCUT2D eigenvalue weighted by molar-refractivity contribution is 6.42. The summed E-state index contributed by atoms with van der Waals surface area (Å²) in [7, 11) is 3.67. The van der Waals surface area contributed by atoms with Crippen LogP contribution in [0.5, 0.6) is 0 Å². The van der Waals surface area contributed by atoms with E-state index >= 15 is 0 Å².